The largest absolute Gasteiger partial charge is 0.496 e. The first-order valence-electron chi connectivity index (χ1n) is 11.6. The normalized spacial score (nSPS) is 13.7. The fraction of sp³-hybridized carbons (Fsp3) is 0.370. The summed E-state index contributed by atoms with van der Waals surface area (Å²) in [6.07, 6.45) is 1.77. The highest BCUT2D eigenvalue weighted by molar-refractivity contribution is 6.98. The number of hydrogen-bond donors (Lipinski definition) is 2. The summed E-state index contributed by atoms with van der Waals surface area (Å²) in [4.78, 5) is 27.2. The van der Waals surface area contributed by atoms with Crippen molar-refractivity contribution in [1.29, 1.82) is 0 Å². The van der Waals surface area contributed by atoms with Gasteiger partial charge in [0, 0.05) is 11.3 Å². The molecule has 0 aromatic heterocycles. The Balaban J connectivity index is 0.000000540. The van der Waals surface area contributed by atoms with Gasteiger partial charge in [-0.1, -0.05) is 53.4 Å². The molecule has 2 N–H and O–H groups in total. The summed E-state index contributed by atoms with van der Waals surface area (Å²) in [6.45, 7) is 14.7. The van der Waals surface area contributed by atoms with Gasteiger partial charge in [0.1, 0.15) is 5.75 Å². The smallest absolute Gasteiger partial charge is 0.336 e. The lowest BCUT2D eigenvalue weighted by molar-refractivity contribution is -0.110. The molecule has 2 aromatic carbocycles. The molecule has 0 unspecified atom stereocenters. The Morgan fingerprint density at radius 1 is 1.11 bits per heavy atom. The Bertz CT molecular complexity index is 1170. The number of carboxylic acid groups (broad SMARTS) is 1. The summed E-state index contributed by atoms with van der Waals surface area (Å²) in [6, 6.07) is 8.89. The van der Waals surface area contributed by atoms with Crippen molar-refractivity contribution in [2.75, 3.05) is 12.4 Å². The molecule has 35 heavy (non-hydrogen) atoms. The minimum absolute atomic E-state index is 0.115. The van der Waals surface area contributed by atoms with Gasteiger partial charge in [0.2, 0.25) is 5.84 Å². The molecule has 0 saturated carbocycles. The van der Waals surface area contributed by atoms with Crippen molar-refractivity contribution in [2.45, 2.75) is 59.2 Å². The number of rotatable bonds is 6. The third-order valence-corrected chi connectivity index (χ3v) is 6.32. The van der Waals surface area contributed by atoms with Crippen molar-refractivity contribution < 1.29 is 24.2 Å². The minimum Gasteiger partial charge on any atom is -0.496 e. The van der Waals surface area contributed by atoms with E-state index in [1.807, 2.05) is 12.1 Å². The lowest BCUT2D eigenvalue weighted by atomic mass is 9.90. The van der Waals surface area contributed by atoms with Crippen LogP contribution in [0.3, 0.4) is 0 Å². The van der Waals surface area contributed by atoms with Gasteiger partial charge in [-0.2, -0.15) is 4.79 Å². The Kier molecular flexibility index (Phi) is 8.96. The maximum Gasteiger partial charge on any atom is 0.336 e. The average molecular weight is 494 g/mol. The van der Waals surface area contributed by atoms with Crippen LogP contribution in [0.1, 0.15) is 72.1 Å². The Morgan fingerprint density at radius 2 is 1.69 bits per heavy atom. The first-order valence-corrected chi connectivity index (χ1v) is 15.2. The minimum atomic E-state index is -1.20. The van der Waals surface area contributed by atoms with Gasteiger partial charge in [0.05, 0.1) is 18.2 Å². The Morgan fingerprint density at radius 3 is 2.09 bits per heavy atom. The highest BCUT2D eigenvalue weighted by atomic mass is 28.3. The van der Waals surface area contributed by atoms with E-state index in [1.54, 1.807) is 31.2 Å². The molecule has 0 bridgehead atoms. The first-order chi connectivity index (χ1) is 16.3. The number of carboxylic acids is 1. The monoisotopic (exact) mass is 493 g/mol. The molecular weight excluding hydrogens is 458 g/mol. The third kappa shape index (κ3) is 6.78. The number of methoxy groups -OCH3 is 1. The number of amides is 1. The molecule has 0 saturated heterocycles. The maximum atomic E-state index is 12.6. The van der Waals surface area contributed by atoms with Crippen molar-refractivity contribution in [1.82, 2.24) is 0 Å². The van der Waals surface area contributed by atoms with Crippen molar-refractivity contribution in [3.8, 4) is 5.75 Å². The van der Waals surface area contributed by atoms with E-state index in [9.17, 15) is 14.7 Å². The van der Waals surface area contributed by atoms with Crippen LogP contribution in [0.5, 0.6) is 5.75 Å². The van der Waals surface area contributed by atoms with E-state index < -0.39 is 14.0 Å². The summed E-state index contributed by atoms with van der Waals surface area (Å²) in [5.74, 6) is 1.63. The van der Waals surface area contributed by atoms with Crippen LogP contribution >= 0.6 is 0 Å². The topological polar surface area (TPSA) is 112 Å². The zero-order valence-corrected chi connectivity index (χ0v) is 22.8. The number of nitrogens with one attached hydrogen (secondary N) is 1. The van der Waals surface area contributed by atoms with Crippen LogP contribution in [0.25, 0.3) is 17.2 Å². The van der Waals surface area contributed by atoms with Crippen LogP contribution in [-0.2, 0) is 4.79 Å². The number of carbonyl (C=O) groups is 2. The van der Waals surface area contributed by atoms with Gasteiger partial charge in [0.25, 0.3) is 5.91 Å². The summed E-state index contributed by atoms with van der Waals surface area (Å²) in [7, 11) is 0.473. The Labute approximate surface area is 208 Å². The second-order valence-electron chi connectivity index (χ2n) is 10.2. The highest BCUT2D eigenvalue weighted by Crippen LogP contribution is 2.39. The molecule has 7 nitrogen and oxygen atoms in total. The number of nitrogens with zero attached hydrogens (tertiary/aromatic N) is 2. The van der Waals surface area contributed by atoms with E-state index in [0.29, 0.717) is 16.8 Å². The predicted octanol–water partition coefficient (Wildman–Crippen LogP) is 6.30. The van der Waals surface area contributed by atoms with Crippen molar-refractivity contribution in [2.24, 2.45) is 0 Å². The molecule has 1 amide bonds. The van der Waals surface area contributed by atoms with E-state index in [-0.39, 0.29) is 23.3 Å². The molecule has 0 spiro atoms. The zero-order chi connectivity index (χ0) is 26.5. The number of hydrogen-bond acceptors (Lipinski definition) is 3. The number of anilines is 1. The van der Waals surface area contributed by atoms with Crippen LogP contribution < -0.4 is 10.1 Å². The summed E-state index contributed by atoms with van der Waals surface area (Å²) in [5, 5.41) is 12.3. The van der Waals surface area contributed by atoms with Gasteiger partial charge in [-0.15, -0.1) is 0 Å². The number of ether oxygens (including phenoxy) is 1. The number of carbonyl (C=O) groups excluding carboxylic acids is 1. The van der Waals surface area contributed by atoms with Crippen LogP contribution in [0, 0.1) is 0 Å². The van der Waals surface area contributed by atoms with Crippen LogP contribution in [0.2, 0.25) is 19.6 Å². The molecule has 0 fully saturated rings. The van der Waals surface area contributed by atoms with E-state index in [1.165, 1.54) is 6.07 Å². The van der Waals surface area contributed by atoms with Crippen molar-refractivity contribution >= 4 is 43.1 Å². The summed E-state index contributed by atoms with van der Waals surface area (Å²) in [5.41, 5.74) is 12.4. The number of benzene rings is 2. The molecule has 2 aromatic rings. The van der Waals surface area contributed by atoms with Gasteiger partial charge in [-0.3, -0.25) is 4.79 Å². The standard InChI is InChI=1S/C23H25NO4.C4H10N2Si/c1-12(2)16-9-14(10-17(13(3)4)21(16)28-5)11-18-20-15(23(26)27)7-6-8-19(20)24-22(18)25;1-7(2,3)4-6-5/h6-13H,1-5H3,(H,24,25)(H,26,27);4H,1-3H3. The average Bonchev–Trinajstić information content (AvgIpc) is 3.07. The number of fused-ring (bicyclic) bond motifs is 1. The molecule has 0 radical (unpaired) electrons. The highest BCUT2D eigenvalue weighted by Gasteiger charge is 2.29. The van der Waals surface area contributed by atoms with Gasteiger partial charge in [-0.25, -0.2) is 4.79 Å². The van der Waals surface area contributed by atoms with Crippen LogP contribution in [0.15, 0.2) is 30.3 Å². The van der Waals surface area contributed by atoms with Crippen LogP contribution in [-0.4, -0.2) is 42.8 Å². The lowest BCUT2D eigenvalue weighted by Gasteiger charge is -2.19. The molecule has 0 atom stereocenters. The number of aromatic carboxylic acids is 1. The summed E-state index contributed by atoms with van der Waals surface area (Å²) >= 11 is 0. The molecule has 1 aliphatic heterocycles. The zero-order valence-electron chi connectivity index (χ0n) is 21.8. The predicted molar refractivity (Wildman–Crippen MR) is 144 cm³/mol. The van der Waals surface area contributed by atoms with Crippen LogP contribution in [0.4, 0.5) is 5.69 Å². The maximum absolute atomic E-state index is 12.6. The van der Waals surface area contributed by atoms with E-state index in [2.05, 4.69) is 57.4 Å². The molecule has 3 rings (SSSR count). The molecule has 8 heteroatoms. The lowest BCUT2D eigenvalue weighted by Crippen LogP contribution is -2.22. The van der Waals surface area contributed by atoms with Gasteiger partial charge in [-0.05, 0) is 58.9 Å². The third-order valence-electron chi connectivity index (χ3n) is 5.43. The molecular formula is C27H35N3O4Si. The van der Waals surface area contributed by atoms with E-state index in [4.69, 9.17) is 10.3 Å². The molecule has 1 aliphatic rings. The second kappa shape index (κ2) is 11.3. The second-order valence-corrected chi connectivity index (χ2v) is 15.2. The Hall–Kier alpha value is -3.48. The van der Waals surface area contributed by atoms with Gasteiger partial charge < -0.3 is 20.7 Å². The molecule has 0 aliphatic carbocycles. The molecule has 1 heterocycles. The SMILES string of the molecule is COc1c(C(C)C)cc(C=C2C(=O)Nc3cccc(C(=O)O)c32)cc1C(C)C.C[Si](C)(C)C=[N+]=[N-]. The fourth-order valence-corrected chi connectivity index (χ4v) is 4.13. The molecule has 186 valence electrons. The van der Waals surface area contributed by atoms with Crippen molar-refractivity contribution in [3.63, 3.8) is 0 Å². The van der Waals surface area contributed by atoms with Crippen molar-refractivity contribution in [3.05, 3.63) is 63.7 Å². The van der Waals surface area contributed by atoms with E-state index >= 15 is 0 Å². The quantitative estimate of drug-likeness (QED) is 0.162. The van der Waals surface area contributed by atoms with Gasteiger partial charge in [0.15, 0.2) is 8.07 Å². The van der Waals surface area contributed by atoms with Gasteiger partial charge >= 0.3 is 5.97 Å². The summed E-state index contributed by atoms with van der Waals surface area (Å²) < 4.78 is 5.67. The fourth-order valence-electron chi connectivity index (χ4n) is 3.78. The first kappa shape index (κ1) is 27.8. The van der Waals surface area contributed by atoms with E-state index in [0.717, 1.165) is 22.4 Å².